The van der Waals surface area contributed by atoms with Crippen molar-refractivity contribution in [2.45, 2.75) is 57.4 Å². The number of nitrogens with two attached hydrogens (primary N) is 1. The number of aryl methyl sites for hydroxylation is 2. The smallest absolute Gasteiger partial charge is 0.0418 e. The fourth-order valence-corrected chi connectivity index (χ4v) is 4.58. The second-order valence-electron chi connectivity index (χ2n) is 5.37. The third-order valence-corrected chi connectivity index (χ3v) is 5.59. The molecule has 88 valence electrons. The summed E-state index contributed by atoms with van der Waals surface area (Å²) in [6.45, 7) is 0. The minimum Gasteiger partial charge on any atom is -0.323 e. The van der Waals surface area contributed by atoms with Crippen LogP contribution in [0.2, 0.25) is 0 Å². The summed E-state index contributed by atoms with van der Waals surface area (Å²) in [5.41, 5.74) is 8.03. The van der Waals surface area contributed by atoms with Gasteiger partial charge in [0.25, 0.3) is 0 Å². The minimum atomic E-state index is 0.332. The molecule has 1 heterocycles. The number of hydrogen-bond acceptors (Lipinski definition) is 2. The van der Waals surface area contributed by atoms with Crippen molar-refractivity contribution in [2.75, 3.05) is 0 Å². The van der Waals surface area contributed by atoms with Crippen molar-refractivity contribution in [3.05, 3.63) is 21.4 Å². The Morgan fingerprint density at radius 3 is 2.62 bits per heavy atom. The normalized spacial score (nSPS) is 23.3. The van der Waals surface area contributed by atoms with Gasteiger partial charge in [-0.05, 0) is 56.1 Å². The van der Waals surface area contributed by atoms with E-state index in [1.807, 2.05) is 11.3 Å². The molecule has 1 atom stereocenters. The van der Waals surface area contributed by atoms with Crippen LogP contribution in [0.15, 0.2) is 6.07 Å². The lowest BCUT2D eigenvalue weighted by Crippen LogP contribution is -2.17. The van der Waals surface area contributed by atoms with Crippen molar-refractivity contribution in [1.29, 1.82) is 0 Å². The van der Waals surface area contributed by atoms with E-state index in [9.17, 15) is 0 Å². The number of fused-ring (bicyclic) bond motifs is 1. The molecule has 0 spiro atoms. The van der Waals surface area contributed by atoms with Crippen LogP contribution in [0.5, 0.6) is 0 Å². The average molecular weight is 235 g/mol. The maximum atomic E-state index is 6.42. The number of thiophene rings is 1. The summed E-state index contributed by atoms with van der Waals surface area (Å²) in [6, 6.07) is 2.75. The van der Waals surface area contributed by atoms with Crippen LogP contribution in [0.25, 0.3) is 0 Å². The zero-order valence-electron chi connectivity index (χ0n) is 9.87. The van der Waals surface area contributed by atoms with Crippen molar-refractivity contribution in [2.24, 2.45) is 11.7 Å². The van der Waals surface area contributed by atoms with Crippen molar-refractivity contribution in [3.63, 3.8) is 0 Å². The van der Waals surface area contributed by atoms with E-state index in [4.69, 9.17) is 5.73 Å². The van der Waals surface area contributed by atoms with Gasteiger partial charge < -0.3 is 5.73 Å². The Morgan fingerprint density at radius 1 is 1.12 bits per heavy atom. The van der Waals surface area contributed by atoms with Crippen LogP contribution in [-0.4, -0.2) is 0 Å². The molecule has 1 aromatic heterocycles. The van der Waals surface area contributed by atoms with Crippen molar-refractivity contribution >= 4 is 11.3 Å². The number of rotatable bonds is 2. The monoisotopic (exact) mass is 235 g/mol. The molecular formula is C14H21NS. The molecule has 0 aliphatic heterocycles. The third kappa shape index (κ3) is 1.93. The molecule has 0 saturated heterocycles. The van der Waals surface area contributed by atoms with E-state index in [2.05, 4.69) is 6.07 Å². The molecule has 0 bridgehead atoms. The van der Waals surface area contributed by atoms with Gasteiger partial charge in [0.05, 0.1) is 0 Å². The molecule has 0 amide bonds. The van der Waals surface area contributed by atoms with Crippen LogP contribution in [0.4, 0.5) is 0 Å². The molecule has 2 aliphatic rings. The molecular weight excluding hydrogens is 214 g/mol. The van der Waals surface area contributed by atoms with Gasteiger partial charge in [-0.25, -0.2) is 0 Å². The molecule has 1 nitrogen and oxygen atoms in total. The lowest BCUT2D eigenvalue weighted by atomic mass is 9.95. The predicted molar refractivity (Wildman–Crippen MR) is 69.8 cm³/mol. The first-order valence-corrected chi connectivity index (χ1v) is 7.53. The lowest BCUT2D eigenvalue weighted by Gasteiger charge is -2.16. The predicted octanol–water partition coefficient (Wildman–Crippen LogP) is 3.82. The molecule has 3 rings (SSSR count). The Morgan fingerprint density at radius 2 is 1.88 bits per heavy atom. The molecule has 2 N–H and O–H groups in total. The highest BCUT2D eigenvalue weighted by atomic mass is 32.1. The maximum absolute atomic E-state index is 6.42. The quantitative estimate of drug-likeness (QED) is 0.828. The minimum absolute atomic E-state index is 0.332. The van der Waals surface area contributed by atoms with Crippen LogP contribution < -0.4 is 5.73 Å². The molecule has 1 saturated carbocycles. The molecule has 1 fully saturated rings. The highest BCUT2D eigenvalue weighted by molar-refractivity contribution is 7.12. The van der Waals surface area contributed by atoms with Gasteiger partial charge in [0.2, 0.25) is 0 Å². The Bertz CT molecular complexity index is 339. The van der Waals surface area contributed by atoms with Crippen molar-refractivity contribution < 1.29 is 0 Å². The maximum Gasteiger partial charge on any atom is 0.0418 e. The van der Waals surface area contributed by atoms with Gasteiger partial charge in [0.15, 0.2) is 0 Å². The number of hydrogen-bond donors (Lipinski definition) is 1. The largest absolute Gasteiger partial charge is 0.323 e. The zero-order chi connectivity index (χ0) is 11.0. The van der Waals surface area contributed by atoms with Gasteiger partial charge in [-0.15, -0.1) is 11.3 Å². The Kier molecular flexibility index (Phi) is 3.03. The first kappa shape index (κ1) is 10.8. The molecule has 2 aliphatic carbocycles. The molecule has 16 heavy (non-hydrogen) atoms. The van der Waals surface area contributed by atoms with Gasteiger partial charge >= 0.3 is 0 Å². The van der Waals surface area contributed by atoms with Gasteiger partial charge in [0.1, 0.15) is 0 Å². The first-order chi connectivity index (χ1) is 7.84. The topological polar surface area (TPSA) is 26.0 Å². The van der Waals surface area contributed by atoms with E-state index in [1.54, 1.807) is 10.4 Å². The third-order valence-electron chi connectivity index (χ3n) is 4.25. The molecule has 0 radical (unpaired) electrons. The second-order valence-corrected chi connectivity index (χ2v) is 6.54. The van der Waals surface area contributed by atoms with Crippen LogP contribution in [-0.2, 0) is 12.8 Å². The molecule has 1 unspecified atom stereocenters. The summed E-state index contributed by atoms with van der Waals surface area (Å²) in [7, 11) is 0. The Hall–Kier alpha value is -0.340. The van der Waals surface area contributed by atoms with E-state index < -0.39 is 0 Å². The standard InChI is InChI=1S/C14H21NS/c15-14(10-5-1-2-6-10)13-9-11-7-3-4-8-12(11)16-13/h9-10,14H,1-8,15H2. The van der Waals surface area contributed by atoms with E-state index in [-0.39, 0.29) is 0 Å². The van der Waals surface area contributed by atoms with E-state index in [1.165, 1.54) is 56.2 Å². The Labute approximate surface area is 102 Å². The Balaban J connectivity index is 1.80. The zero-order valence-corrected chi connectivity index (χ0v) is 10.7. The summed E-state index contributed by atoms with van der Waals surface area (Å²) >= 11 is 2.01. The van der Waals surface area contributed by atoms with Gasteiger partial charge in [-0.2, -0.15) is 0 Å². The molecule has 0 aromatic carbocycles. The molecule has 2 heteroatoms. The van der Waals surface area contributed by atoms with Crippen molar-refractivity contribution in [3.8, 4) is 0 Å². The summed E-state index contributed by atoms with van der Waals surface area (Å²) in [5, 5.41) is 0. The second kappa shape index (κ2) is 4.50. The van der Waals surface area contributed by atoms with Gasteiger partial charge in [-0.3, -0.25) is 0 Å². The highest BCUT2D eigenvalue weighted by Crippen LogP contribution is 2.39. The summed E-state index contributed by atoms with van der Waals surface area (Å²) < 4.78 is 0. The summed E-state index contributed by atoms with van der Waals surface area (Å²) in [6.07, 6.45) is 10.8. The van der Waals surface area contributed by atoms with Crippen LogP contribution in [0.1, 0.15) is 59.9 Å². The highest BCUT2D eigenvalue weighted by Gasteiger charge is 2.25. The van der Waals surface area contributed by atoms with E-state index >= 15 is 0 Å². The van der Waals surface area contributed by atoms with Gasteiger partial charge in [-0.1, -0.05) is 12.8 Å². The lowest BCUT2D eigenvalue weighted by molar-refractivity contribution is 0.450. The summed E-state index contributed by atoms with van der Waals surface area (Å²) in [4.78, 5) is 3.11. The van der Waals surface area contributed by atoms with E-state index in [0.717, 1.165) is 5.92 Å². The first-order valence-electron chi connectivity index (χ1n) is 6.71. The molecule has 1 aromatic rings. The van der Waals surface area contributed by atoms with E-state index in [0.29, 0.717) is 6.04 Å². The van der Waals surface area contributed by atoms with Gasteiger partial charge in [0, 0.05) is 15.8 Å². The fraction of sp³-hybridized carbons (Fsp3) is 0.714. The average Bonchev–Trinajstić information content (AvgIpc) is 2.97. The van der Waals surface area contributed by atoms with Crippen molar-refractivity contribution in [1.82, 2.24) is 0 Å². The SMILES string of the molecule is NC(c1cc2c(s1)CCCC2)C1CCCC1. The van der Waals surface area contributed by atoms with Crippen LogP contribution in [0.3, 0.4) is 0 Å². The van der Waals surface area contributed by atoms with Crippen LogP contribution in [0, 0.1) is 5.92 Å². The summed E-state index contributed by atoms with van der Waals surface area (Å²) in [5.74, 6) is 0.764. The van der Waals surface area contributed by atoms with Crippen LogP contribution >= 0.6 is 11.3 Å². The fourth-order valence-electron chi connectivity index (χ4n) is 3.23.